The van der Waals surface area contributed by atoms with Gasteiger partial charge < -0.3 is 9.80 Å². The van der Waals surface area contributed by atoms with Gasteiger partial charge in [-0.05, 0) is 151 Å². The Morgan fingerprint density at radius 3 is 1.65 bits per heavy atom. The molecule has 0 bridgehead atoms. The Balaban J connectivity index is 0.900. The van der Waals surface area contributed by atoms with Crippen LogP contribution in [0.2, 0.25) is 0 Å². The first-order valence-electron chi connectivity index (χ1n) is 25.7. The minimum Gasteiger partial charge on any atom is -0.310 e. The molecule has 2 aromatic heterocycles. The highest BCUT2D eigenvalue weighted by Gasteiger charge is 2.52. The van der Waals surface area contributed by atoms with Gasteiger partial charge in [0.25, 0.3) is 0 Å². The zero-order valence-corrected chi connectivity index (χ0v) is 42.2. The third-order valence-electron chi connectivity index (χ3n) is 16.0. The molecule has 0 N–H and O–H groups in total. The lowest BCUT2D eigenvalue weighted by molar-refractivity contribution is 0.794. The van der Waals surface area contributed by atoms with Crippen LogP contribution in [0.3, 0.4) is 0 Å². The average Bonchev–Trinajstić information content (AvgIpc) is 4.22. The molecule has 0 radical (unpaired) electrons. The van der Waals surface area contributed by atoms with E-state index >= 15 is 0 Å². The topological polar surface area (TPSA) is 6.48 Å². The summed E-state index contributed by atoms with van der Waals surface area (Å²) in [5.41, 5.74) is 19.2. The quantitative estimate of drug-likeness (QED) is 0.157. The van der Waals surface area contributed by atoms with Gasteiger partial charge in [0.15, 0.2) is 0 Å². The van der Waals surface area contributed by atoms with E-state index in [1.54, 1.807) is 0 Å². The van der Waals surface area contributed by atoms with Crippen molar-refractivity contribution < 1.29 is 0 Å². The van der Waals surface area contributed by atoms with Gasteiger partial charge in [-0.15, -0.1) is 22.7 Å². The summed E-state index contributed by atoms with van der Waals surface area (Å²) in [6.45, 7) is 0. The number of nitrogens with zero attached hydrogens (tertiary/aromatic N) is 2. The molecule has 350 valence electrons. The van der Waals surface area contributed by atoms with Gasteiger partial charge in [-0.2, -0.15) is 0 Å². The van der Waals surface area contributed by atoms with E-state index in [0.29, 0.717) is 0 Å². The van der Waals surface area contributed by atoms with Crippen LogP contribution in [0.4, 0.5) is 34.1 Å². The Kier molecular flexibility index (Phi) is 9.32. The molecule has 0 fully saturated rings. The van der Waals surface area contributed by atoms with E-state index in [1.807, 2.05) is 22.7 Å². The lowest BCUT2D eigenvalue weighted by Crippen LogP contribution is -2.26. The highest BCUT2D eigenvalue weighted by molar-refractivity contribution is 7.26. The maximum atomic E-state index is 2.52. The van der Waals surface area contributed by atoms with Crippen LogP contribution in [0.15, 0.2) is 267 Å². The molecule has 1 unspecified atom stereocenters. The summed E-state index contributed by atoms with van der Waals surface area (Å²) in [6, 6.07) is 99.6. The number of hydrogen-bond donors (Lipinski definition) is 0. The third-order valence-corrected chi connectivity index (χ3v) is 18.3. The molecule has 2 nitrogen and oxygen atoms in total. The first-order chi connectivity index (χ1) is 37.2. The van der Waals surface area contributed by atoms with Crippen LogP contribution < -0.4 is 9.80 Å². The van der Waals surface area contributed by atoms with E-state index in [2.05, 4.69) is 277 Å². The first kappa shape index (κ1) is 42.4. The van der Waals surface area contributed by atoms with Crippen LogP contribution >= 0.6 is 22.7 Å². The Hall–Kier alpha value is -9.06. The van der Waals surface area contributed by atoms with E-state index < -0.39 is 5.41 Å². The van der Waals surface area contributed by atoms with Crippen LogP contribution in [0.25, 0.3) is 84.5 Å². The van der Waals surface area contributed by atoms with Crippen molar-refractivity contribution >= 4 is 108 Å². The largest absolute Gasteiger partial charge is 0.310 e. The smallest absolute Gasteiger partial charge is 0.0726 e. The number of benzene rings is 12. The lowest BCUT2D eigenvalue weighted by Gasteiger charge is -2.32. The molecule has 2 heterocycles. The average molecular weight is 989 g/mol. The predicted molar refractivity (Wildman–Crippen MR) is 321 cm³/mol. The van der Waals surface area contributed by atoms with Gasteiger partial charge >= 0.3 is 0 Å². The second-order valence-corrected chi connectivity index (χ2v) is 22.1. The fraction of sp³-hybridized carbons (Fsp3) is 0.0141. The summed E-state index contributed by atoms with van der Waals surface area (Å²) in [6.07, 6.45) is 0. The minimum absolute atomic E-state index is 0.506. The molecule has 0 saturated heterocycles. The van der Waals surface area contributed by atoms with Gasteiger partial charge in [-0.3, -0.25) is 0 Å². The molecule has 4 heteroatoms. The predicted octanol–water partition coefficient (Wildman–Crippen LogP) is 20.5. The number of para-hydroxylation sites is 2. The van der Waals surface area contributed by atoms with Gasteiger partial charge in [0.05, 0.1) is 11.1 Å². The Morgan fingerprint density at radius 2 is 0.840 bits per heavy atom. The Bertz CT molecular complexity index is 4570. The number of anilines is 6. The number of fused-ring (bicyclic) bond motifs is 18. The highest BCUT2D eigenvalue weighted by Crippen LogP contribution is 2.64. The summed E-state index contributed by atoms with van der Waals surface area (Å²) < 4.78 is 5.13. The normalized spacial score (nSPS) is 14.2. The molecule has 2 aliphatic rings. The SMILES string of the molecule is c1ccc(N(c2ccccc2)c2cccc3sc4cc(N(c5ccc(-c6ccc7c(c6)sc6ccccc67)cc5)c5ccc6c(c5)C5(c7ccccc7-6)c6ccccc6-c6c5ccc5ccccc65)ccc4c23)cc1. The van der Waals surface area contributed by atoms with Gasteiger partial charge in [0, 0.05) is 68.8 Å². The van der Waals surface area contributed by atoms with Crippen LogP contribution in [0, 0.1) is 0 Å². The van der Waals surface area contributed by atoms with E-state index in [4.69, 9.17) is 0 Å². The van der Waals surface area contributed by atoms with Crippen LogP contribution in [-0.4, -0.2) is 0 Å². The van der Waals surface area contributed by atoms with Crippen LogP contribution in [0.5, 0.6) is 0 Å². The number of thiophene rings is 2. The fourth-order valence-electron chi connectivity index (χ4n) is 12.9. The van der Waals surface area contributed by atoms with Gasteiger partial charge in [-0.25, -0.2) is 0 Å². The second kappa shape index (κ2) is 16.5. The molecule has 0 amide bonds. The molecule has 1 spiro atoms. The summed E-state index contributed by atoms with van der Waals surface area (Å²) >= 11 is 3.74. The molecule has 1 atom stereocenters. The maximum Gasteiger partial charge on any atom is 0.0726 e. The Labute approximate surface area is 442 Å². The van der Waals surface area contributed by atoms with Crippen LogP contribution in [0.1, 0.15) is 22.3 Å². The van der Waals surface area contributed by atoms with E-state index in [9.17, 15) is 0 Å². The molecular formula is C71H44N2S2. The molecule has 0 saturated carbocycles. The van der Waals surface area contributed by atoms with Crippen molar-refractivity contribution in [2.75, 3.05) is 9.80 Å². The zero-order valence-electron chi connectivity index (χ0n) is 40.6. The molecule has 14 aromatic rings. The minimum atomic E-state index is -0.506. The molecule has 12 aromatic carbocycles. The van der Waals surface area contributed by atoms with Crippen molar-refractivity contribution in [3.8, 4) is 33.4 Å². The Morgan fingerprint density at radius 1 is 0.280 bits per heavy atom. The monoisotopic (exact) mass is 988 g/mol. The van der Waals surface area contributed by atoms with Crippen molar-refractivity contribution in [3.63, 3.8) is 0 Å². The molecule has 75 heavy (non-hydrogen) atoms. The van der Waals surface area contributed by atoms with E-state index in [1.165, 1.54) is 112 Å². The molecule has 0 aliphatic heterocycles. The standard InChI is InChI=1S/C71H44N2S2/c1-3-17-48(18-4-1)73(49-19-5-2-6-20-49)64-27-15-29-66-70(64)59-40-37-52(44-68(59)75-66)72(50-34-30-45(31-35-50)47-32-38-57-56-23-11-14-28-65(56)74-67(57)42-47)51-36-39-55-54-22-9-12-25-60(54)71(63(55)43-51)61-26-13-10-24-58(61)69-53-21-8-7-16-46(53)33-41-62(69)71/h1-44H. The second-order valence-electron chi connectivity index (χ2n) is 19.9. The maximum absolute atomic E-state index is 2.52. The van der Waals surface area contributed by atoms with Crippen molar-refractivity contribution in [2.45, 2.75) is 5.41 Å². The number of rotatable bonds is 7. The van der Waals surface area contributed by atoms with Crippen molar-refractivity contribution in [1.29, 1.82) is 0 Å². The molecule has 2 aliphatic carbocycles. The molecule has 16 rings (SSSR count). The summed E-state index contributed by atoms with van der Waals surface area (Å²) in [5.74, 6) is 0. The highest BCUT2D eigenvalue weighted by atomic mass is 32.1. The fourth-order valence-corrected chi connectivity index (χ4v) is 15.2. The van der Waals surface area contributed by atoms with Crippen molar-refractivity contribution in [3.05, 3.63) is 289 Å². The van der Waals surface area contributed by atoms with Gasteiger partial charge in [0.1, 0.15) is 0 Å². The van der Waals surface area contributed by atoms with Crippen LogP contribution in [-0.2, 0) is 5.41 Å². The first-order valence-corrected chi connectivity index (χ1v) is 27.4. The van der Waals surface area contributed by atoms with Gasteiger partial charge in [0.2, 0.25) is 0 Å². The third kappa shape index (κ3) is 6.25. The number of hydrogen-bond acceptors (Lipinski definition) is 4. The van der Waals surface area contributed by atoms with E-state index in [0.717, 1.165) is 28.4 Å². The zero-order chi connectivity index (χ0) is 49.2. The lowest BCUT2D eigenvalue weighted by atomic mass is 9.70. The summed E-state index contributed by atoms with van der Waals surface area (Å²) in [7, 11) is 0. The van der Waals surface area contributed by atoms with Gasteiger partial charge in [-0.1, -0.05) is 182 Å². The van der Waals surface area contributed by atoms with E-state index in [-0.39, 0.29) is 0 Å². The van der Waals surface area contributed by atoms with Crippen molar-refractivity contribution in [1.82, 2.24) is 0 Å². The summed E-state index contributed by atoms with van der Waals surface area (Å²) in [5, 5.41) is 7.70. The molecular weight excluding hydrogens is 945 g/mol. The van der Waals surface area contributed by atoms with Crippen molar-refractivity contribution in [2.24, 2.45) is 0 Å². The summed E-state index contributed by atoms with van der Waals surface area (Å²) in [4.78, 5) is 4.89.